The Morgan fingerprint density at radius 1 is 1.28 bits per heavy atom. The second-order valence-corrected chi connectivity index (χ2v) is 5.71. The summed E-state index contributed by atoms with van der Waals surface area (Å²) in [6.45, 7) is 3.19. The monoisotopic (exact) mass is 257 g/mol. The zero-order chi connectivity index (χ0) is 13.4. The molecule has 0 amide bonds. The highest BCUT2D eigenvalue weighted by Gasteiger charge is 2.53. The van der Waals surface area contributed by atoms with Gasteiger partial charge in [0.1, 0.15) is 0 Å². The van der Waals surface area contributed by atoms with Gasteiger partial charge in [-0.2, -0.15) is 0 Å². The fourth-order valence-electron chi connectivity index (χ4n) is 3.28. The molecular formula is C13H23NO4. The molecule has 0 bridgehead atoms. The molecule has 2 aliphatic rings. The molecule has 0 spiro atoms. The first-order chi connectivity index (χ1) is 8.47. The van der Waals surface area contributed by atoms with Crippen LogP contribution in [0, 0.1) is 5.41 Å². The highest BCUT2D eigenvalue weighted by atomic mass is 16.7. The Bertz CT molecular complexity index is 321. The van der Waals surface area contributed by atoms with Gasteiger partial charge in [0, 0.05) is 20.3 Å². The smallest absolute Gasteiger partial charge is 0.310 e. The van der Waals surface area contributed by atoms with Gasteiger partial charge in [-0.1, -0.05) is 12.8 Å². The molecule has 1 N–H and O–H groups in total. The van der Waals surface area contributed by atoms with Gasteiger partial charge in [-0.25, -0.2) is 0 Å². The van der Waals surface area contributed by atoms with Crippen molar-refractivity contribution < 1.29 is 19.4 Å². The van der Waals surface area contributed by atoms with Gasteiger partial charge in [-0.15, -0.1) is 0 Å². The molecule has 2 rings (SSSR count). The van der Waals surface area contributed by atoms with Crippen LogP contribution in [0.1, 0.15) is 32.6 Å². The summed E-state index contributed by atoms with van der Waals surface area (Å²) in [5, 5.41) is 9.49. The summed E-state index contributed by atoms with van der Waals surface area (Å²) in [5.41, 5.74) is -0.633. The van der Waals surface area contributed by atoms with Gasteiger partial charge in [-0.05, 0) is 19.8 Å². The molecule has 1 aliphatic carbocycles. The van der Waals surface area contributed by atoms with E-state index in [1.165, 1.54) is 0 Å². The fourth-order valence-corrected chi connectivity index (χ4v) is 3.28. The van der Waals surface area contributed by atoms with Gasteiger partial charge >= 0.3 is 5.97 Å². The molecule has 1 saturated carbocycles. The van der Waals surface area contributed by atoms with E-state index in [9.17, 15) is 9.90 Å². The molecule has 0 aromatic rings. The minimum absolute atomic E-state index is 0.0992. The van der Waals surface area contributed by atoms with Crippen LogP contribution in [0.15, 0.2) is 0 Å². The second kappa shape index (κ2) is 4.79. The van der Waals surface area contributed by atoms with Crippen LogP contribution >= 0.6 is 0 Å². The van der Waals surface area contributed by atoms with Gasteiger partial charge in [0.05, 0.1) is 18.5 Å². The Hall–Kier alpha value is -0.650. The topological polar surface area (TPSA) is 59.0 Å². The van der Waals surface area contributed by atoms with E-state index < -0.39 is 17.2 Å². The molecule has 0 aromatic heterocycles. The Balaban J connectivity index is 2.07. The summed E-state index contributed by atoms with van der Waals surface area (Å²) in [5.74, 6) is -1.21. The number of nitrogens with zero attached hydrogens (tertiary/aromatic N) is 1. The lowest BCUT2D eigenvalue weighted by Gasteiger charge is -2.55. The summed E-state index contributed by atoms with van der Waals surface area (Å²) >= 11 is 0. The molecule has 104 valence electrons. The summed E-state index contributed by atoms with van der Waals surface area (Å²) < 4.78 is 10.7. The molecule has 2 fully saturated rings. The van der Waals surface area contributed by atoms with E-state index in [0.29, 0.717) is 13.1 Å². The first-order valence-electron chi connectivity index (χ1n) is 6.55. The number of hydrogen-bond donors (Lipinski definition) is 1. The normalized spacial score (nSPS) is 36.1. The lowest BCUT2D eigenvalue weighted by Crippen LogP contribution is -2.69. The average molecular weight is 257 g/mol. The third kappa shape index (κ3) is 2.04. The number of aliphatic carboxylic acids is 1. The van der Waals surface area contributed by atoms with E-state index >= 15 is 0 Å². The van der Waals surface area contributed by atoms with Crippen molar-refractivity contribution in [1.82, 2.24) is 4.90 Å². The SMILES string of the molecule is COC1(OC)CN(C2CCCCC2(C)C(=O)O)C1. The second-order valence-electron chi connectivity index (χ2n) is 5.71. The predicted molar refractivity (Wildman–Crippen MR) is 66.3 cm³/mol. The summed E-state index contributed by atoms with van der Waals surface area (Å²) in [7, 11) is 3.27. The van der Waals surface area contributed by atoms with E-state index in [-0.39, 0.29) is 6.04 Å². The van der Waals surface area contributed by atoms with E-state index in [1.54, 1.807) is 14.2 Å². The molecule has 1 saturated heterocycles. The lowest BCUT2D eigenvalue weighted by molar-refractivity contribution is -0.289. The van der Waals surface area contributed by atoms with Crippen LogP contribution in [0.3, 0.4) is 0 Å². The van der Waals surface area contributed by atoms with Crippen LogP contribution in [0.25, 0.3) is 0 Å². The van der Waals surface area contributed by atoms with E-state index in [2.05, 4.69) is 4.90 Å². The standard InChI is InChI=1S/C13H23NO4/c1-12(11(15)16)7-5-4-6-10(12)14-8-13(9-14,17-2)18-3/h10H,4-9H2,1-3H3,(H,15,16). The Labute approximate surface area is 108 Å². The molecule has 0 aromatic carbocycles. The van der Waals surface area contributed by atoms with Crippen LogP contribution in [-0.2, 0) is 14.3 Å². The highest BCUT2D eigenvalue weighted by molar-refractivity contribution is 5.75. The third-order valence-corrected chi connectivity index (χ3v) is 4.72. The number of rotatable bonds is 4. The highest BCUT2D eigenvalue weighted by Crippen LogP contribution is 2.43. The van der Waals surface area contributed by atoms with Gasteiger partial charge in [0.15, 0.2) is 5.79 Å². The zero-order valence-corrected chi connectivity index (χ0v) is 11.4. The Morgan fingerprint density at radius 3 is 2.39 bits per heavy atom. The number of carboxylic acid groups (broad SMARTS) is 1. The van der Waals surface area contributed by atoms with E-state index in [1.807, 2.05) is 6.92 Å². The minimum Gasteiger partial charge on any atom is -0.481 e. The number of ether oxygens (including phenoxy) is 2. The van der Waals surface area contributed by atoms with E-state index in [0.717, 1.165) is 25.7 Å². The van der Waals surface area contributed by atoms with Crippen LogP contribution in [0.5, 0.6) is 0 Å². The molecule has 5 heteroatoms. The Kier molecular flexibility index (Phi) is 3.67. The number of carboxylic acids is 1. The van der Waals surface area contributed by atoms with Gasteiger partial charge < -0.3 is 14.6 Å². The molecule has 0 radical (unpaired) electrons. The first kappa shape index (κ1) is 13.8. The van der Waals surface area contributed by atoms with Crippen molar-refractivity contribution in [2.24, 2.45) is 5.41 Å². The van der Waals surface area contributed by atoms with Crippen molar-refractivity contribution in [1.29, 1.82) is 0 Å². The molecular weight excluding hydrogens is 234 g/mol. The average Bonchev–Trinajstić information content (AvgIpc) is 2.31. The zero-order valence-electron chi connectivity index (χ0n) is 11.4. The maximum absolute atomic E-state index is 11.5. The van der Waals surface area contributed by atoms with Crippen LogP contribution in [0.4, 0.5) is 0 Å². The predicted octanol–water partition coefficient (Wildman–Crippen LogP) is 1.32. The van der Waals surface area contributed by atoms with Crippen molar-refractivity contribution in [2.45, 2.75) is 44.4 Å². The van der Waals surface area contributed by atoms with Gasteiger partial charge in [-0.3, -0.25) is 9.69 Å². The Morgan fingerprint density at radius 2 is 1.89 bits per heavy atom. The van der Waals surface area contributed by atoms with Crippen molar-refractivity contribution in [3.8, 4) is 0 Å². The maximum Gasteiger partial charge on any atom is 0.310 e. The van der Waals surface area contributed by atoms with E-state index in [4.69, 9.17) is 9.47 Å². The number of hydrogen-bond acceptors (Lipinski definition) is 4. The number of methoxy groups -OCH3 is 2. The van der Waals surface area contributed by atoms with Gasteiger partial charge in [0.2, 0.25) is 0 Å². The fraction of sp³-hybridized carbons (Fsp3) is 0.923. The number of carbonyl (C=O) groups is 1. The largest absolute Gasteiger partial charge is 0.481 e. The van der Waals surface area contributed by atoms with Crippen molar-refractivity contribution in [3.05, 3.63) is 0 Å². The molecule has 18 heavy (non-hydrogen) atoms. The first-order valence-corrected chi connectivity index (χ1v) is 6.55. The summed E-state index contributed by atoms with van der Waals surface area (Å²) in [6.07, 6.45) is 3.83. The quantitative estimate of drug-likeness (QED) is 0.770. The van der Waals surface area contributed by atoms with Crippen molar-refractivity contribution >= 4 is 5.97 Å². The van der Waals surface area contributed by atoms with Crippen molar-refractivity contribution in [2.75, 3.05) is 27.3 Å². The number of likely N-dealkylation sites (tertiary alicyclic amines) is 1. The molecule has 2 atom stereocenters. The summed E-state index contributed by atoms with van der Waals surface area (Å²) in [4.78, 5) is 13.7. The van der Waals surface area contributed by atoms with Crippen LogP contribution in [-0.4, -0.2) is 55.1 Å². The molecule has 1 heterocycles. The molecule has 5 nitrogen and oxygen atoms in total. The van der Waals surface area contributed by atoms with Crippen LogP contribution in [0.2, 0.25) is 0 Å². The minimum atomic E-state index is -0.681. The summed E-state index contributed by atoms with van der Waals surface area (Å²) in [6, 6.07) is 0.0992. The molecule has 1 aliphatic heterocycles. The van der Waals surface area contributed by atoms with Crippen molar-refractivity contribution in [3.63, 3.8) is 0 Å². The van der Waals surface area contributed by atoms with Crippen LogP contribution < -0.4 is 0 Å². The van der Waals surface area contributed by atoms with Gasteiger partial charge in [0.25, 0.3) is 0 Å². The lowest BCUT2D eigenvalue weighted by atomic mass is 9.70. The molecule has 2 unspecified atom stereocenters. The third-order valence-electron chi connectivity index (χ3n) is 4.72. The maximum atomic E-state index is 11.5.